The van der Waals surface area contributed by atoms with E-state index in [1.807, 2.05) is 4.90 Å². The summed E-state index contributed by atoms with van der Waals surface area (Å²) in [4.78, 5) is 41.4. The number of hydrogen-bond donors (Lipinski definition) is 0. The van der Waals surface area contributed by atoms with Crippen LogP contribution in [0.25, 0.3) is 10.9 Å². The molecule has 1 aliphatic carbocycles. The van der Waals surface area contributed by atoms with E-state index in [1.165, 1.54) is 30.3 Å². The zero-order valence-electron chi connectivity index (χ0n) is 19.6. The first-order valence-corrected chi connectivity index (χ1v) is 11.9. The second-order valence-corrected chi connectivity index (χ2v) is 9.12. The van der Waals surface area contributed by atoms with Gasteiger partial charge >= 0.3 is 0 Å². The number of methoxy groups -OCH3 is 1. The minimum atomic E-state index is -0.635. The van der Waals surface area contributed by atoms with Gasteiger partial charge in [-0.1, -0.05) is 18.9 Å². The maximum atomic E-state index is 14.7. The molecule has 0 bridgehead atoms. The molecule has 3 aromatic rings. The Morgan fingerprint density at radius 3 is 2.66 bits per heavy atom. The molecule has 2 heterocycles. The Labute approximate surface area is 201 Å². The SMILES string of the molecule is COc1ccc2c(=O)cnn(Cc3ccc(F)c(C(=O)N4CCN(C5CCCC5)C(=O)C4)c3)c2c1. The normalized spacial score (nSPS) is 16.8. The molecule has 0 atom stereocenters. The number of amides is 2. The van der Waals surface area contributed by atoms with E-state index in [0.717, 1.165) is 25.7 Å². The van der Waals surface area contributed by atoms with Gasteiger partial charge in [-0.25, -0.2) is 4.39 Å². The third kappa shape index (κ3) is 4.50. The van der Waals surface area contributed by atoms with Crippen molar-refractivity contribution in [1.29, 1.82) is 0 Å². The summed E-state index contributed by atoms with van der Waals surface area (Å²) >= 11 is 0. The van der Waals surface area contributed by atoms with Gasteiger partial charge in [0.25, 0.3) is 5.91 Å². The molecule has 2 fully saturated rings. The molecule has 1 aromatic heterocycles. The Morgan fingerprint density at radius 1 is 1.11 bits per heavy atom. The molecule has 0 N–H and O–H groups in total. The number of carbonyl (C=O) groups excluding carboxylic acids is 2. The van der Waals surface area contributed by atoms with Crippen LogP contribution in [0.2, 0.25) is 0 Å². The van der Waals surface area contributed by atoms with Gasteiger partial charge in [0.05, 0.1) is 30.9 Å². The van der Waals surface area contributed by atoms with E-state index in [9.17, 15) is 18.8 Å². The molecule has 2 aromatic carbocycles. The van der Waals surface area contributed by atoms with Gasteiger partial charge in [0.15, 0.2) is 0 Å². The lowest BCUT2D eigenvalue weighted by molar-refractivity contribution is -0.137. The number of piperazine rings is 1. The number of aromatic nitrogens is 2. The van der Waals surface area contributed by atoms with Crippen molar-refractivity contribution in [2.24, 2.45) is 0 Å². The van der Waals surface area contributed by atoms with E-state index in [4.69, 9.17) is 4.74 Å². The molecule has 1 saturated heterocycles. The quantitative estimate of drug-likeness (QED) is 0.563. The molecular formula is C26H27FN4O4. The van der Waals surface area contributed by atoms with Crippen LogP contribution in [0, 0.1) is 5.82 Å². The van der Waals surface area contributed by atoms with Crippen LogP contribution >= 0.6 is 0 Å². The number of fused-ring (bicyclic) bond motifs is 1. The number of rotatable bonds is 5. The highest BCUT2D eigenvalue weighted by Crippen LogP contribution is 2.26. The molecule has 9 heteroatoms. The predicted molar refractivity (Wildman–Crippen MR) is 128 cm³/mol. The highest BCUT2D eigenvalue weighted by molar-refractivity contribution is 5.97. The van der Waals surface area contributed by atoms with Gasteiger partial charge in [0.1, 0.15) is 18.1 Å². The molecule has 2 amide bonds. The van der Waals surface area contributed by atoms with Gasteiger partial charge in [-0.05, 0) is 42.7 Å². The van der Waals surface area contributed by atoms with Gasteiger partial charge in [0.2, 0.25) is 11.3 Å². The summed E-state index contributed by atoms with van der Waals surface area (Å²) in [7, 11) is 1.54. The first-order valence-electron chi connectivity index (χ1n) is 11.9. The van der Waals surface area contributed by atoms with Crippen LogP contribution in [0.1, 0.15) is 41.6 Å². The molecular weight excluding hydrogens is 451 g/mol. The number of halogens is 1. The van der Waals surface area contributed by atoms with E-state index >= 15 is 0 Å². The van der Waals surface area contributed by atoms with Crippen molar-refractivity contribution in [3.63, 3.8) is 0 Å². The molecule has 0 radical (unpaired) electrons. The fraction of sp³-hybridized carbons (Fsp3) is 0.385. The van der Waals surface area contributed by atoms with E-state index < -0.39 is 11.7 Å². The number of nitrogens with zero attached hydrogens (tertiary/aromatic N) is 4. The lowest BCUT2D eigenvalue weighted by atomic mass is 10.1. The van der Waals surface area contributed by atoms with Crippen molar-refractivity contribution >= 4 is 22.7 Å². The molecule has 2 aliphatic rings. The summed E-state index contributed by atoms with van der Waals surface area (Å²) in [6.07, 6.45) is 5.51. The smallest absolute Gasteiger partial charge is 0.257 e. The number of ether oxygens (including phenoxy) is 1. The van der Waals surface area contributed by atoms with Crippen LogP contribution in [0.3, 0.4) is 0 Å². The second-order valence-electron chi connectivity index (χ2n) is 9.12. The maximum Gasteiger partial charge on any atom is 0.257 e. The number of hydrogen-bond acceptors (Lipinski definition) is 5. The van der Waals surface area contributed by atoms with E-state index in [0.29, 0.717) is 35.3 Å². The summed E-state index contributed by atoms with van der Waals surface area (Å²) in [5.74, 6) is -0.632. The standard InChI is InChI=1S/C26H27FN4O4/c1-35-19-7-8-20-23(13-19)31(28-14-24(20)32)15-17-6-9-22(27)21(12-17)26(34)29-10-11-30(25(33)16-29)18-4-2-3-5-18/h6-9,12-14,18H,2-5,10-11,15-16H2,1H3. The van der Waals surface area contributed by atoms with Crippen molar-refractivity contribution in [3.05, 3.63) is 69.8 Å². The molecule has 182 valence electrons. The summed E-state index contributed by atoms with van der Waals surface area (Å²) in [6.45, 7) is 1.05. The van der Waals surface area contributed by atoms with Crippen molar-refractivity contribution in [2.75, 3.05) is 26.7 Å². The van der Waals surface area contributed by atoms with Crippen molar-refractivity contribution < 1.29 is 18.7 Å². The highest BCUT2D eigenvalue weighted by Gasteiger charge is 2.33. The van der Waals surface area contributed by atoms with Gasteiger partial charge in [0, 0.05) is 30.6 Å². The molecule has 0 unspecified atom stereocenters. The summed E-state index contributed by atoms with van der Waals surface area (Å²) < 4.78 is 21.6. The summed E-state index contributed by atoms with van der Waals surface area (Å²) in [5.41, 5.74) is 0.927. The third-order valence-corrected chi connectivity index (χ3v) is 6.97. The molecule has 35 heavy (non-hydrogen) atoms. The zero-order chi connectivity index (χ0) is 24.5. The first kappa shape index (κ1) is 23.0. The van der Waals surface area contributed by atoms with Gasteiger partial charge in [-0.3, -0.25) is 19.1 Å². The largest absolute Gasteiger partial charge is 0.497 e. The van der Waals surface area contributed by atoms with Crippen LogP contribution in [0.15, 0.2) is 47.4 Å². The van der Waals surface area contributed by atoms with Crippen molar-refractivity contribution in [3.8, 4) is 5.75 Å². The van der Waals surface area contributed by atoms with Crippen LogP contribution in [-0.4, -0.2) is 64.2 Å². The average molecular weight is 479 g/mol. The Hall–Kier alpha value is -3.75. The topological polar surface area (TPSA) is 84.7 Å². The molecule has 5 rings (SSSR count). The monoisotopic (exact) mass is 478 g/mol. The summed E-state index contributed by atoms with van der Waals surface area (Å²) in [6, 6.07) is 9.70. The Balaban J connectivity index is 1.38. The number of carbonyl (C=O) groups is 2. The predicted octanol–water partition coefficient (Wildman–Crippen LogP) is 2.82. The minimum Gasteiger partial charge on any atom is -0.497 e. The number of benzene rings is 2. The van der Waals surface area contributed by atoms with E-state index in [1.54, 1.807) is 28.9 Å². The molecule has 1 saturated carbocycles. The van der Waals surface area contributed by atoms with Crippen LogP contribution in [0.4, 0.5) is 4.39 Å². The Bertz CT molecular complexity index is 1350. The van der Waals surface area contributed by atoms with Crippen LogP contribution in [0.5, 0.6) is 5.75 Å². The van der Waals surface area contributed by atoms with Gasteiger partial charge < -0.3 is 14.5 Å². The van der Waals surface area contributed by atoms with Crippen LogP contribution in [-0.2, 0) is 11.3 Å². The minimum absolute atomic E-state index is 0.0370. The maximum absolute atomic E-state index is 14.7. The second kappa shape index (κ2) is 9.48. The summed E-state index contributed by atoms with van der Waals surface area (Å²) in [5, 5.41) is 4.71. The molecule has 1 aliphatic heterocycles. The average Bonchev–Trinajstić information content (AvgIpc) is 3.41. The van der Waals surface area contributed by atoms with Crippen LogP contribution < -0.4 is 10.2 Å². The lowest BCUT2D eigenvalue weighted by Crippen LogP contribution is -2.55. The zero-order valence-corrected chi connectivity index (χ0v) is 19.6. The van der Waals surface area contributed by atoms with Crippen molar-refractivity contribution in [1.82, 2.24) is 19.6 Å². The van der Waals surface area contributed by atoms with Gasteiger partial charge in [-0.2, -0.15) is 5.10 Å². The lowest BCUT2D eigenvalue weighted by Gasteiger charge is -2.37. The van der Waals surface area contributed by atoms with Crippen molar-refractivity contribution in [2.45, 2.75) is 38.3 Å². The van der Waals surface area contributed by atoms with E-state index in [-0.39, 0.29) is 36.0 Å². The third-order valence-electron chi connectivity index (χ3n) is 6.97. The fourth-order valence-electron chi connectivity index (χ4n) is 5.08. The Morgan fingerprint density at radius 2 is 1.91 bits per heavy atom. The van der Waals surface area contributed by atoms with E-state index in [2.05, 4.69) is 5.10 Å². The fourth-order valence-corrected chi connectivity index (χ4v) is 5.08. The first-order chi connectivity index (χ1) is 16.9. The van der Waals surface area contributed by atoms with Gasteiger partial charge in [-0.15, -0.1) is 0 Å². The Kier molecular flexibility index (Phi) is 6.23. The molecule has 0 spiro atoms. The molecule has 8 nitrogen and oxygen atoms in total. The highest BCUT2D eigenvalue weighted by atomic mass is 19.1.